The first-order chi connectivity index (χ1) is 8.65. The van der Waals surface area contributed by atoms with Gasteiger partial charge in [0.1, 0.15) is 0 Å². The van der Waals surface area contributed by atoms with Crippen molar-refractivity contribution in [2.75, 3.05) is 31.5 Å². The molecule has 1 amide bonds. The van der Waals surface area contributed by atoms with Crippen molar-refractivity contribution in [2.45, 2.75) is 20.4 Å². The van der Waals surface area contributed by atoms with Crippen LogP contribution >= 0.6 is 0 Å². The summed E-state index contributed by atoms with van der Waals surface area (Å²) in [5.41, 5.74) is 3.45. The molecule has 4 nitrogen and oxygen atoms in total. The van der Waals surface area contributed by atoms with Gasteiger partial charge in [0.05, 0.1) is 0 Å². The number of hydrogen-bond donors (Lipinski definition) is 2. The van der Waals surface area contributed by atoms with E-state index in [1.807, 2.05) is 12.1 Å². The van der Waals surface area contributed by atoms with Crippen LogP contribution in [0.5, 0.6) is 0 Å². The highest BCUT2D eigenvalue weighted by Gasteiger charge is 2.11. The van der Waals surface area contributed by atoms with Gasteiger partial charge < -0.3 is 10.6 Å². The Kier molecular flexibility index (Phi) is 4.33. The molecule has 1 aliphatic rings. The quantitative estimate of drug-likeness (QED) is 0.847. The molecule has 1 aliphatic heterocycles. The number of nitrogens with zero attached hydrogens (tertiary/aromatic N) is 1. The molecular weight excluding hydrogens is 226 g/mol. The molecule has 18 heavy (non-hydrogen) atoms. The van der Waals surface area contributed by atoms with Crippen molar-refractivity contribution in [3.8, 4) is 0 Å². The first kappa shape index (κ1) is 13.1. The summed E-state index contributed by atoms with van der Waals surface area (Å²) in [6.07, 6.45) is 0. The summed E-state index contributed by atoms with van der Waals surface area (Å²) in [5.74, 6) is -0.0238. The Hall–Kier alpha value is -1.39. The van der Waals surface area contributed by atoms with Crippen molar-refractivity contribution in [1.82, 2.24) is 10.2 Å². The number of aryl methyl sites for hydroxylation is 1. The zero-order valence-corrected chi connectivity index (χ0v) is 11.1. The van der Waals surface area contributed by atoms with Crippen LogP contribution in [0.4, 0.5) is 5.69 Å². The highest BCUT2D eigenvalue weighted by atomic mass is 16.1. The molecule has 1 fully saturated rings. The number of piperazine rings is 1. The second-order valence-electron chi connectivity index (χ2n) is 4.85. The second-order valence-corrected chi connectivity index (χ2v) is 4.85. The normalized spacial score (nSPS) is 16.6. The number of rotatable bonds is 3. The summed E-state index contributed by atoms with van der Waals surface area (Å²) in [6.45, 7) is 8.98. The van der Waals surface area contributed by atoms with E-state index in [0.29, 0.717) is 0 Å². The minimum atomic E-state index is -0.0238. The topological polar surface area (TPSA) is 44.4 Å². The maximum atomic E-state index is 11.0. The van der Waals surface area contributed by atoms with E-state index in [4.69, 9.17) is 0 Å². The molecule has 2 rings (SSSR count). The Labute approximate surface area is 108 Å². The highest BCUT2D eigenvalue weighted by molar-refractivity contribution is 5.88. The third-order valence-corrected chi connectivity index (χ3v) is 3.27. The van der Waals surface area contributed by atoms with Crippen LogP contribution in [0.2, 0.25) is 0 Å². The Morgan fingerprint density at radius 3 is 2.72 bits per heavy atom. The van der Waals surface area contributed by atoms with Gasteiger partial charge in [-0.05, 0) is 30.2 Å². The molecule has 98 valence electrons. The summed E-state index contributed by atoms with van der Waals surface area (Å²) in [4.78, 5) is 13.5. The highest BCUT2D eigenvalue weighted by Crippen LogP contribution is 2.17. The number of benzene rings is 1. The van der Waals surface area contributed by atoms with Gasteiger partial charge in [-0.15, -0.1) is 0 Å². The van der Waals surface area contributed by atoms with Crippen LogP contribution < -0.4 is 10.6 Å². The van der Waals surface area contributed by atoms with E-state index in [1.54, 1.807) is 0 Å². The lowest BCUT2D eigenvalue weighted by molar-refractivity contribution is -0.114. The van der Waals surface area contributed by atoms with Gasteiger partial charge in [-0.2, -0.15) is 0 Å². The Bertz CT molecular complexity index is 425. The molecule has 1 aromatic carbocycles. The number of carbonyl (C=O) groups excluding carboxylic acids is 1. The minimum absolute atomic E-state index is 0.0238. The molecule has 4 heteroatoms. The van der Waals surface area contributed by atoms with E-state index in [-0.39, 0.29) is 5.91 Å². The van der Waals surface area contributed by atoms with E-state index in [1.165, 1.54) is 18.1 Å². The van der Waals surface area contributed by atoms with Gasteiger partial charge in [0.25, 0.3) is 0 Å². The van der Waals surface area contributed by atoms with E-state index >= 15 is 0 Å². The van der Waals surface area contributed by atoms with Crippen molar-refractivity contribution >= 4 is 11.6 Å². The number of hydrogen-bond acceptors (Lipinski definition) is 3. The maximum absolute atomic E-state index is 11.0. The molecule has 0 atom stereocenters. The fourth-order valence-corrected chi connectivity index (χ4v) is 2.26. The van der Waals surface area contributed by atoms with Crippen LogP contribution in [0.1, 0.15) is 18.1 Å². The third kappa shape index (κ3) is 3.55. The standard InChI is InChI=1S/C14H21N3O/c1-11-9-14(16-12(2)18)4-3-13(11)10-17-7-5-15-6-8-17/h3-4,9,15H,5-8,10H2,1-2H3,(H,16,18). The average molecular weight is 247 g/mol. The first-order valence-electron chi connectivity index (χ1n) is 6.45. The van der Waals surface area contributed by atoms with E-state index < -0.39 is 0 Å². The fourth-order valence-electron chi connectivity index (χ4n) is 2.26. The summed E-state index contributed by atoms with van der Waals surface area (Å²) >= 11 is 0. The lowest BCUT2D eigenvalue weighted by Crippen LogP contribution is -2.42. The Morgan fingerprint density at radius 1 is 1.39 bits per heavy atom. The zero-order valence-electron chi connectivity index (χ0n) is 11.1. The fraction of sp³-hybridized carbons (Fsp3) is 0.500. The molecule has 0 aliphatic carbocycles. The monoisotopic (exact) mass is 247 g/mol. The van der Waals surface area contributed by atoms with Gasteiger partial charge >= 0.3 is 0 Å². The molecule has 2 N–H and O–H groups in total. The van der Waals surface area contributed by atoms with Crippen LogP contribution in [0, 0.1) is 6.92 Å². The average Bonchev–Trinajstić information content (AvgIpc) is 2.33. The molecule has 1 saturated heterocycles. The van der Waals surface area contributed by atoms with Gasteiger partial charge in [0, 0.05) is 45.3 Å². The van der Waals surface area contributed by atoms with Crippen LogP contribution in [0.15, 0.2) is 18.2 Å². The lowest BCUT2D eigenvalue weighted by atomic mass is 10.1. The predicted octanol–water partition coefficient (Wildman–Crippen LogP) is 1.36. The van der Waals surface area contributed by atoms with Crippen molar-refractivity contribution in [3.05, 3.63) is 29.3 Å². The van der Waals surface area contributed by atoms with Crippen molar-refractivity contribution in [2.24, 2.45) is 0 Å². The van der Waals surface area contributed by atoms with Gasteiger partial charge in [-0.25, -0.2) is 0 Å². The van der Waals surface area contributed by atoms with Crippen LogP contribution in [0.3, 0.4) is 0 Å². The van der Waals surface area contributed by atoms with Crippen LogP contribution in [0.25, 0.3) is 0 Å². The SMILES string of the molecule is CC(=O)Nc1ccc(CN2CCNCC2)c(C)c1. The molecule has 0 saturated carbocycles. The number of anilines is 1. The van der Waals surface area contributed by atoms with E-state index in [9.17, 15) is 4.79 Å². The molecule has 0 bridgehead atoms. The summed E-state index contributed by atoms with van der Waals surface area (Å²) in [6, 6.07) is 6.13. The summed E-state index contributed by atoms with van der Waals surface area (Å²) < 4.78 is 0. The first-order valence-corrected chi connectivity index (χ1v) is 6.45. The van der Waals surface area contributed by atoms with Gasteiger partial charge in [-0.1, -0.05) is 6.07 Å². The van der Waals surface area contributed by atoms with Crippen LogP contribution in [-0.2, 0) is 11.3 Å². The summed E-state index contributed by atoms with van der Waals surface area (Å²) in [7, 11) is 0. The number of carbonyl (C=O) groups is 1. The molecule has 1 heterocycles. The van der Waals surface area contributed by atoms with Crippen LogP contribution in [-0.4, -0.2) is 37.0 Å². The lowest BCUT2D eigenvalue weighted by Gasteiger charge is -2.27. The van der Waals surface area contributed by atoms with Crippen molar-refractivity contribution < 1.29 is 4.79 Å². The number of amides is 1. The molecule has 0 spiro atoms. The summed E-state index contributed by atoms with van der Waals surface area (Å²) in [5, 5.41) is 6.17. The molecule has 0 radical (unpaired) electrons. The Morgan fingerprint density at radius 2 is 2.11 bits per heavy atom. The molecule has 0 aromatic heterocycles. The van der Waals surface area contributed by atoms with Crippen molar-refractivity contribution in [3.63, 3.8) is 0 Å². The van der Waals surface area contributed by atoms with Crippen molar-refractivity contribution in [1.29, 1.82) is 0 Å². The van der Waals surface area contributed by atoms with Gasteiger partial charge in [0.2, 0.25) is 5.91 Å². The van der Waals surface area contributed by atoms with Gasteiger partial charge in [0.15, 0.2) is 0 Å². The van der Waals surface area contributed by atoms with Gasteiger partial charge in [-0.3, -0.25) is 9.69 Å². The Balaban J connectivity index is 2.02. The minimum Gasteiger partial charge on any atom is -0.326 e. The van der Waals surface area contributed by atoms with E-state index in [0.717, 1.165) is 38.4 Å². The molecular formula is C14H21N3O. The number of nitrogens with one attached hydrogen (secondary N) is 2. The second kappa shape index (κ2) is 5.98. The maximum Gasteiger partial charge on any atom is 0.221 e. The largest absolute Gasteiger partial charge is 0.326 e. The molecule has 1 aromatic rings. The molecule has 0 unspecified atom stereocenters. The van der Waals surface area contributed by atoms with E-state index in [2.05, 4.69) is 28.5 Å². The third-order valence-electron chi connectivity index (χ3n) is 3.27. The smallest absolute Gasteiger partial charge is 0.221 e. The zero-order chi connectivity index (χ0) is 13.0. The predicted molar refractivity (Wildman–Crippen MR) is 73.6 cm³/mol.